The number of rotatable bonds is 2. The Morgan fingerprint density at radius 1 is 1.25 bits per heavy atom. The quantitative estimate of drug-likeness (QED) is 0.711. The molecule has 1 aliphatic carbocycles. The van der Waals surface area contributed by atoms with E-state index in [1.165, 1.54) is 6.08 Å². The molecular weight excluding hydrogens is 204 g/mol. The lowest BCUT2D eigenvalue weighted by atomic mass is 10.0. The van der Waals surface area contributed by atoms with E-state index in [1.54, 1.807) is 30.3 Å². The SMILES string of the molecule is O=C1C=CC(OC(=O)c2ccccc2)CC1. The smallest absolute Gasteiger partial charge is 0.338 e. The van der Waals surface area contributed by atoms with Gasteiger partial charge >= 0.3 is 5.97 Å². The van der Waals surface area contributed by atoms with Crippen LogP contribution in [0.25, 0.3) is 0 Å². The second-order valence-electron chi connectivity index (χ2n) is 3.67. The molecule has 1 atom stereocenters. The van der Waals surface area contributed by atoms with E-state index in [0.717, 1.165) is 0 Å². The van der Waals surface area contributed by atoms with Crippen LogP contribution in [-0.4, -0.2) is 17.9 Å². The Morgan fingerprint density at radius 2 is 2.00 bits per heavy atom. The van der Waals surface area contributed by atoms with E-state index in [4.69, 9.17) is 4.74 Å². The lowest BCUT2D eigenvalue weighted by Gasteiger charge is -2.16. The van der Waals surface area contributed by atoms with Crippen LogP contribution in [0, 0.1) is 0 Å². The summed E-state index contributed by atoms with van der Waals surface area (Å²) in [6, 6.07) is 8.84. The summed E-state index contributed by atoms with van der Waals surface area (Å²) in [6.07, 6.45) is 3.88. The van der Waals surface area contributed by atoms with E-state index >= 15 is 0 Å². The largest absolute Gasteiger partial charge is 0.455 e. The Kier molecular flexibility index (Phi) is 3.15. The first kappa shape index (κ1) is 10.6. The summed E-state index contributed by atoms with van der Waals surface area (Å²) >= 11 is 0. The number of carbonyl (C=O) groups excluding carboxylic acids is 2. The van der Waals surface area contributed by atoms with Crippen molar-refractivity contribution in [3.8, 4) is 0 Å². The Hall–Kier alpha value is -1.90. The summed E-state index contributed by atoms with van der Waals surface area (Å²) in [5, 5.41) is 0. The molecule has 0 amide bonds. The van der Waals surface area contributed by atoms with Crippen molar-refractivity contribution in [2.24, 2.45) is 0 Å². The lowest BCUT2D eigenvalue weighted by molar-refractivity contribution is -0.115. The van der Waals surface area contributed by atoms with Gasteiger partial charge in [0, 0.05) is 6.42 Å². The molecule has 82 valence electrons. The highest BCUT2D eigenvalue weighted by Crippen LogP contribution is 2.13. The Morgan fingerprint density at radius 3 is 2.62 bits per heavy atom. The molecular formula is C13H12O3. The molecule has 0 saturated carbocycles. The highest BCUT2D eigenvalue weighted by Gasteiger charge is 2.17. The van der Waals surface area contributed by atoms with Gasteiger partial charge in [-0.1, -0.05) is 18.2 Å². The van der Waals surface area contributed by atoms with Gasteiger partial charge in [0.15, 0.2) is 5.78 Å². The number of ketones is 1. The van der Waals surface area contributed by atoms with Crippen molar-refractivity contribution in [1.29, 1.82) is 0 Å². The van der Waals surface area contributed by atoms with Crippen molar-refractivity contribution < 1.29 is 14.3 Å². The maximum absolute atomic E-state index is 11.7. The normalized spacial score (nSPS) is 19.5. The molecule has 0 spiro atoms. The maximum atomic E-state index is 11.7. The Labute approximate surface area is 93.7 Å². The molecule has 0 aromatic heterocycles. The van der Waals surface area contributed by atoms with Gasteiger partial charge in [-0.25, -0.2) is 4.79 Å². The van der Waals surface area contributed by atoms with Gasteiger partial charge in [0.1, 0.15) is 6.10 Å². The third-order valence-corrected chi connectivity index (χ3v) is 2.44. The standard InChI is InChI=1S/C13H12O3/c14-11-6-8-12(9-7-11)16-13(15)10-4-2-1-3-5-10/h1-6,8,12H,7,9H2. The van der Waals surface area contributed by atoms with Crippen molar-refractivity contribution in [2.45, 2.75) is 18.9 Å². The van der Waals surface area contributed by atoms with Crippen molar-refractivity contribution in [3.63, 3.8) is 0 Å². The number of ether oxygens (including phenoxy) is 1. The number of benzene rings is 1. The van der Waals surface area contributed by atoms with E-state index in [1.807, 2.05) is 6.07 Å². The molecule has 1 aliphatic rings. The fourth-order valence-corrected chi connectivity index (χ4v) is 1.56. The van der Waals surface area contributed by atoms with Crippen LogP contribution in [0.2, 0.25) is 0 Å². The average Bonchev–Trinajstić information content (AvgIpc) is 2.33. The lowest BCUT2D eigenvalue weighted by Crippen LogP contribution is -2.20. The highest BCUT2D eigenvalue weighted by atomic mass is 16.5. The van der Waals surface area contributed by atoms with Crippen molar-refractivity contribution in [2.75, 3.05) is 0 Å². The van der Waals surface area contributed by atoms with Crippen molar-refractivity contribution in [1.82, 2.24) is 0 Å². The molecule has 0 bridgehead atoms. The molecule has 0 N–H and O–H groups in total. The first-order valence-corrected chi connectivity index (χ1v) is 5.23. The molecule has 0 aliphatic heterocycles. The third-order valence-electron chi connectivity index (χ3n) is 2.44. The second kappa shape index (κ2) is 4.75. The molecule has 1 aromatic rings. The monoisotopic (exact) mass is 216 g/mol. The minimum atomic E-state index is -0.343. The molecule has 16 heavy (non-hydrogen) atoms. The van der Waals surface area contributed by atoms with E-state index in [2.05, 4.69) is 0 Å². The Balaban J connectivity index is 1.98. The van der Waals surface area contributed by atoms with E-state index < -0.39 is 0 Å². The van der Waals surface area contributed by atoms with Crippen molar-refractivity contribution in [3.05, 3.63) is 48.0 Å². The molecule has 0 radical (unpaired) electrons. The van der Waals surface area contributed by atoms with Gasteiger partial charge in [-0.2, -0.15) is 0 Å². The van der Waals surface area contributed by atoms with Crippen LogP contribution in [0.5, 0.6) is 0 Å². The van der Waals surface area contributed by atoms with Crippen LogP contribution in [0.15, 0.2) is 42.5 Å². The van der Waals surface area contributed by atoms with Gasteiger partial charge in [-0.05, 0) is 30.7 Å². The minimum Gasteiger partial charge on any atom is -0.455 e. The zero-order valence-electron chi connectivity index (χ0n) is 8.76. The van der Waals surface area contributed by atoms with Crippen LogP contribution in [-0.2, 0) is 9.53 Å². The summed E-state index contributed by atoms with van der Waals surface area (Å²) in [5.41, 5.74) is 0.535. The molecule has 2 rings (SSSR count). The fraction of sp³-hybridized carbons (Fsp3) is 0.231. The fourth-order valence-electron chi connectivity index (χ4n) is 1.56. The topological polar surface area (TPSA) is 43.4 Å². The number of hydrogen-bond acceptors (Lipinski definition) is 3. The van der Waals surface area contributed by atoms with E-state index in [9.17, 15) is 9.59 Å². The zero-order valence-corrected chi connectivity index (χ0v) is 8.76. The third kappa shape index (κ3) is 2.57. The second-order valence-corrected chi connectivity index (χ2v) is 3.67. The van der Waals surface area contributed by atoms with Crippen LogP contribution < -0.4 is 0 Å². The molecule has 0 heterocycles. The first-order valence-electron chi connectivity index (χ1n) is 5.23. The van der Waals surface area contributed by atoms with Gasteiger partial charge in [-0.3, -0.25) is 4.79 Å². The minimum absolute atomic E-state index is 0.0898. The average molecular weight is 216 g/mol. The van der Waals surface area contributed by atoms with Gasteiger partial charge in [-0.15, -0.1) is 0 Å². The van der Waals surface area contributed by atoms with Crippen LogP contribution >= 0.6 is 0 Å². The van der Waals surface area contributed by atoms with Gasteiger partial charge in [0.2, 0.25) is 0 Å². The number of hydrogen-bond donors (Lipinski definition) is 0. The van der Waals surface area contributed by atoms with Crippen LogP contribution in [0.4, 0.5) is 0 Å². The number of allylic oxidation sites excluding steroid dienone is 1. The van der Waals surface area contributed by atoms with Gasteiger partial charge in [0.25, 0.3) is 0 Å². The zero-order chi connectivity index (χ0) is 11.4. The predicted octanol–water partition coefficient (Wildman–Crippen LogP) is 2.13. The van der Waals surface area contributed by atoms with Gasteiger partial charge in [0.05, 0.1) is 5.56 Å². The van der Waals surface area contributed by atoms with Crippen LogP contribution in [0.1, 0.15) is 23.2 Å². The number of esters is 1. The van der Waals surface area contributed by atoms with E-state index in [-0.39, 0.29) is 17.9 Å². The van der Waals surface area contributed by atoms with Crippen LogP contribution in [0.3, 0.4) is 0 Å². The number of carbonyl (C=O) groups is 2. The molecule has 3 nitrogen and oxygen atoms in total. The summed E-state index contributed by atoms with van der Waals surface area (Å²) < 4.78 is 5.25. The first-order chi connectivity index (χ1) is 7.75. The Bertz CT molecular complexity index is 420. The molecule has 0 fully saturated rings. The van der Waals surface area contributed by atoms with Gasteiger partial charge < -0.3 is 4.74 Å². The summed E-state index contributed by atoms with van der Waals surface area (Å²) in [7, 11) is 0. The summed E-state index contributed by atoms with van der Waals surface area (Å²) in [5.74, 6) is -0.253. The molecule has 1 aromatic carbocycles. The molecule has 0 saturated heterocycles. The molecule has 1 unspecified atom stereocenters. The molecule has 3 heteroatoms. The summed E-state index contributed by atoms with van der Waals surface area (Å²) in [6.45, 7) is 0. The van der Waals surface area contributed by atoms with E-state index in [0.29, 0.717) is 18.4 Å². The highest BCUT2D eigenvalue weighted by molar-refractivity contribution is 5.91. The summed E-state index contributed by atoms with van der Waals surface area (Å²) in [4.78, 5) is 22.6. The van der Waals surface area contributed by atoms with Crippen molar-refractivity contribution >= 4 is 11.8 Å². The predicted molar refractivity (Wildman–Crippen MR) is 59.0 cm³/mol. The maximum Gasteiger partial charge on any atom is 0.338 e.